The second-order valence-corrected chi connectivity index (χ2v) is 5.33. The van der Waals surface area contributed by atoms with Gasteiger partial charge in [0.15, 0.2) is 6.04 Å². The van der Waals surface area contributed by atoms with Crippen LogP contribution >= 0.6 is 0 Å². The van der Waals surface area contributed by atoms with Gasteiger partial charge in [0.1, 0.15) is 6.04 Å². The van der Waals surface area contributed by atoms with E-state index in [-0.39, 0.29) is 22.9 Å². The number of allylic oxidation sites excluding steroid dienone is 2. The summed E-state index contributed by atoms with van der Waals surface area (Å²) in [5, 5.41) is 16.1. The molecule has 2 heterocycles. The topological polar surface area (TPSA) is 38.4 Å². The van der Waals surface area contributed by atoms with Gasteiger partial charge in [-0.25, -0.2) is 0 Å². The lowest BCUT2D eigenvalue weighted by molar-refractivity contribution is -0.622. The molecule has 2 fully saturated rings. The fourth-order valence-electron chi connectivity index (χ4n) is 4.33. The first kappa shape index (κ1) is 8.08. The summed E-state index contributed by atoms with van der Waals surface area (Å²) in [4.78, 5) is 1.01. The Morgan fingerprint density at radius 3 is 2.53 bits per heavy atom. The van der Waals surface area contributed by atoms with Gasteiger partial charge in [-0.2, -0.15) is 0 Å². The van der Waals surface area contributed by atoms with Crippen molar-refractivity contribution in [1.82, 2.24) is 0 Å². The fraction of sp³-hybridized carbons (Fsp3) is 0.667. The molecule has 0 spiro atoms. The fourth-order valence-corrected chi connectivity index (χ4v) is 4.33. The van der Waals surface area contributed by atoms with Crippen LogP contribution in [0.15, 0.2) is 29.4 Å². The highest BCUT2D eigenvalue weighted by molar-refractivity contribution is 5.36. The Kier molecular flexibility index (Phi) is 1.17. The summed E-state index contributed by atoms with van der Waals surface area (Å²) in [6, 6.07) is 0.354. The average molecular weight is 202 g/mol. The van der Waals surface area contributed by atoms with Crippen molar-refractivity contribution in [2.75, 3.05) is 0 Å². The van der Waals surface area contributed by atoms with Gasteiger partial charge in [-0.1, -0.05) is 29.2 Å². The van der Waals surface area contributed by atoms with Crippen molar-refractivity contribution in [2.45, 2.75) is 37.8 Å². The second-order valence-electron chi connectivity index (χ2n) is 5.33. The zero-order valence-corrected chi connectivity index (χ0v) is 8.60. The summed E-state index contributed by atoms with van der Waals surface area (Å²) in [6.45, 7) is 0. The SMILES string of the molecule is [O-][N+]1=N[C@H]2CC[C@@H]1[C@@]13C=CC=C[C@@]21CC3. The van der Waals surface area contributed by atoms with Gasteiger partial charge in [-0.15, -0.1) is 0 Å². The van der Waals surface area contributed by atoms with Crippen LogP contribution in [-0.4, -0.2) is 16.9 Å². The Bertz CT molecular complexity index is 425. The lowest BCUT2D eigenvalue weighted by Crippen LogP contribution is -2.69. The van der Waals surface area contributed by atoms with Crippen LogP contribution in [0.1, 0.15) is 25.7 Å². The molecule has 15 heavy (non-hydrogen) atoms. The predicted molar refractivity (Wildman–Crippen MR) is 55.2 cm³/mol. The quantitative estimate of drug-likeness (QED) is 0.439. The molecule has 0 radical (unpaired) electrons. The monoisotopic (exact) mass is 202 g/mol. The largest absolute Gasteiger partial charge is 0.600 e. The van der Waals surface area contributed by atoms with Crippen LogP contribution in [0, 0.1) is 16.0 Å². The molecule has 0 aromatic carbocycles. The maximum Gasteiger partial charge on any atom is 0.199 e. The number of hydrogen-bond donors (Lipinski definition) is 0. The summed E-state index contributed by atoms with van der Waals surface area (Å²) in [5.41, 5.74) is 0.347. The molecular formula is C12H14N2O. The molecule has 4 atom stereocenters. The summed E-state index contributed by atoms with van der Waals surface area (Å²) in [5.74, 6) is 0. The van der Waals surface area contributed by atoms with Crippen LogP contribution in [0.2, 0.25) is 0 Å². The molecule has 0 N–H and O–H groups in total. The number of azo groups is 1. The van der Waals surface area contributed by atoms with Gasteiger partial charge in [0.2, 0.25) is 0 Å². The van der Waals surface area contributed by atoms with E-state index in [9.17, 15) is 5.21 Å². The number of nitrogens with zero attached hydrogens (tertiary/aromatic N) is 2. The van der Waals surface area contributed by atoms with Crippen molar-refractivity contribution < 1.29 is 4.86 Å². The van der Waals surface area contributed by atoms with Gasteiger partial charge in [-0.05, 0) is 24.4 Å². The van der Waals surface area contributed by atoms with E-state index in [0.29, 0.717) is 0 Å². The molecule has 2 aliphatic heterocycles. The highest BCUT2D eigenvalue weighted by Crippen LogP contribution is 2.70. The van der Waals surface area contributed by atoms with Crippen molar-refractivity contribution >= 4 is 0 Å². The smallest absolute Gasteiger partial charge is 0.199 e. The number of hydrogen-bond acceptors (Lipinski definition) is 2. The summed E-state index contributed by atoms with van der Waals surface area (Å²) in [6.07, 6.45) is 13.4. The highest BCUT2D eigenvalue weighted by Gasteiger charge is 2.72. The second kappa shape index (κ2) is 2.18. The van der Waals surface area contributed by atoms with E-state index in [4.69, 9.17) is 0 Å². The standard InChI is InChI=1S/C12H14N2O/c15-14-10-4-3-9(13-14)11-5-1-2-6-12(10,11)8-7-11/h1-2,5-6,9-10H,3-4,7-8H2/t9-,10+,11+,12-/m0/s1. The molecular weight excluding hydrogens is 188 g/mol. The maximum atomic E-state index is 11.8. The molecule has 3 nitrogen and oxygen atoms in total. The van der Waals surface area contributed by atoms with E-state index in [2.05, 4.69) is 29.4 Å². The highest BCUT2D eigenvalue weighted by atomic mass is 16.5. The van der Waals surface area contributed by atoms with E-state index in [1.54, 1.807) is 0 Å². The number of fused-ring (bicyclic) bond motifs is 1. The van der Waals surface area contributed by atoms with Crippen molar-refractivity contribution in [2.24, 2.45) is 15.9 Å². The summed E-state index contributed by atoms with van der Waals surface area (Å²) >= 11 is 0. The maximum absolute atomic E-state index is 11.8. The third-order valence-corrected chi connectivity index (χ3v) is 5.14. The van der Waals surface area contributed by atoms with Gasteiger partial charge >= 0.3 is 0 Å². The Morgan fingerprint density at radius 1 is 1.13 bits per heavy atom. The Morgan fingerprint density at radius 2 is 1.87 bits per heavy atom. The average Bonchev–Trinajstić information content (AvgIpc) is 2.22. The van der Waals surface area contributed by atoms with E-state index in [1.165, 1.54) is 12.8 Å². The minimum Gasteiger partial charge on any atom is -0.600 e. The van der Waals surface area contributed by atoms with E-state index in [0.717, 1.165) is 17.7 Å². The number of rotatable bonds is 0. The van der Waals surface area contributed by atoms with Crippen LogP contribution in [0.4, 0.5) is 0 Å². The van der Waals surface area contributed by atoms with Crippen molar-refractivity contribution in [3.8, 4) is 0 Å². The zero-order chi connectivity index (χ0) is 10.1. The normalized spacial score (nSPS) is 54.3. The first-order valence-electron chi connectivity index (χ1n) is 5.83. The molecule has 0 amide bonds. The zero-order valence-electron chi connectivity index (χ0n) is 8.60. The van der Waals surface area contributed by atoms with Gasteiger partial charge in [0.25, 0.3) is 0 Å². The molecule has 0 saturated heterocycles. The Hall–Kier alpha value is -1.12. The lowest BCUT2D eigenvalue weighted by Gasteiger charge is -2.65. The summed E-state index contributed by atoms with van der Waals surface area (Å²) in [7, 11) is 0. The van der Waals surface area contributed by atoms with E-state index >= 15 is 0 Å². The third-order valence-electron chi connectivity index (χ3n) is 5.14. The van der Waals surface area contributed by atoms with Crippen LogP contribution < -0.4 is 0 Å². The first-order valence-corrected chi connectivity index (χ1v) is 5.83. The van der Waals surface area contributed by atoms with Gasteiger partial charge in [0, 0.05) is 11.8 Å². The molecule has 78 valence electrons. The minimum absolute atomic E-state index is 0.109. The molecule has 0 aromatic heterocycles. The van der Waals surface area contributed by atoms with E-state index < -0.39 is 0 Å². The van der Waals surface area contributed by atoms with Crippen LogP contribution in [0.3, 0.4) is 0 Å². The van der Waals surface area contributed by atoms with Crippen LogP contribution in [0.5, 0.6) is 0 Å². The van der Waals surface area contributed by atoms with Gasteiger partial charge < -0.3 is 5.21 Å². The minimum atomic E-state index is 0.109. The van der Waals surface area contributed by atoms with Crippen molar-refractivity contribution in [3.05, 3.63) is 29.5 Å². The predicted octanol–water partition coefficient (Wildman–Crippen LogP) is 2.39. The van der Waals surface area contributed by atoms with Gasteiger partial charge in [0.05, 0.1) is 5.41 Å². The van der Waals surface area contributed by atoms with Crippen LogP contribution in [0.25, 0.3) is 0 Å². The van der Waals surface area contributed by atoms with Crippen molar-refractivity contribution in [3.63, 3.8) is 0 Å². The molecule has 3 heteroatoms. The Balaban J connectivity index is 1.97. The molecule has 2 saturated carbocycles. The van der Waals surface area contributed by atoms with Gasteiger partial charge in [-0.3, -0.25) is 0 Å². The molecule has 5 aliphatic rings. The Labute approximate surface area is 88.8 Å². The molecule has 0 aromatic rings. The third kappa shape index (κ3) is 0.638. The van der Waals surface area contributed by atoms with Crippen molar-refractivity contribution in [1.29, 1.82) is 0 Å². The number of hydroxylamine groups is 1. The lowest BCUT2D eigenvalue weighted by atomic mass is 9.39. The van der Waals surface area contributed by atoms with Crippen LogP contribution in [-0.2, 0) is 0 Å². The molecule has 3 aliphatic carbocycles. The molecule has 0 unspecified atom stereocenters. The van der Waals surface area contributed by atoms with E-state index in [1.807, 2.05) is 0 Å². The summed E-state index contributed by atoms with van der Waals surface area (Å²) < 4.78 is 0. The first-order chi connectivity index (χ1) is 7.29. The molecule has 5 rings (SSSR count). The molecule has 2 bridgehead atoms.